The van der Waals surface area contributed by atoms with Gasteiger partial charge in [-0.1, -0.05) is 5.92 Å². The number of aliphatic hydroxyl groups is 1. The third-order valence-electron chi connectivity index (χ3n) is 3.88. The second kappa shape index (κ2) is 8.46. The Morgan fingerprint density at radius 1 is 1.48 bits per heavy atom. The lowest BCUT2D eigenvalue weighted by Gasteiger charge is -2.36. The van der Waals surface area contributed by atoms with Crippen LogP contribution in [-0.4, -0.2) is 76.2 Å². The van der Waals surface area contributed by atoms with Gasteiger partial charge in [0.05, 0.1) is 24.5 Å². The number of ether oxygens (including phenoxy) is 1. The van der Waals surface area contributed by atoms with Crippen LogP contribution in [0.5, 0.6) is 0 Å². The normalized spacial score (nSPS) is 23.8. The molecular weight excluding hydrogens is 292 g/mol. The van der Waals surface area contributed by atoms with E-state index in [0.29, 0.717) is 19.6 Å². The van der Waals surface area contributed by atoms with Crippen LogP contribution in [-0.2, 0) is 17.8 Å². The molecule has 1 N–H and O–H groups in total. The maximum absolute atomic E-state index is 10.3. The minimum Gasteiger partial charge on any atom is -0.390 e. The van der Waals surface area contributed by atoms with E-state index in [1.54, 1.807) is 4.68 Å². The Kier molecular flexibility index (Phi) is 6.60. The second-order valence-electron chi connectivity index (χ2n) is 6.58. The summed E-state index contributed by atoms with van der Waals surface area (Å²) in [6, 6.07) is 0. The maximum Gasteiger partial charge on any atom is 0.101 e. The van der Waals surface area contributed by atoms with Crippen LogP contribution in [0, 0.1) is 12.3 Å². The smallest absolute Gasteiger partial charge is 0.101 e. The predicted molar refractivity (Wildman–Crippen MR) is 89.8 cm³/mol. The number of β-amino-alcohol motifs (C(OH)–C–C–N with tert-alkyl or cyclic N) is 1. The van der Waals surface area contributed by atoms with E-state index in [1.807, 2.05) is 19.4 Å². The first-order valence-corrected chi connectivity index (χ1v) is 8.15. The molecule has 0 amide bonds. The first-order chi connectivity index (χ1) is 11.0. The van der Waals surface area contributed by atoms with Gasteiger partial charge in [-0.15, -0.1) is 6.42 Å². The van der Waals surface area contributed by atoms with Crippen LogP contribution in [0.3, 0.4) is 0 Å². The Balaban J connectivity index is 1.75. The molecule has 23 heavy (non-hydrogen) atoms. The van der Waals surface area contributed by atoms with E-state index in [1.165, 1.54) is 0 Å². The molecular formula is C17H28N4O2. The average Bonchev–Trinajstić information content (AvgIpc) is 2.84. The van der Waals surface area contributed by atoms with Crippen LogP contribution in [0.1, 0.15) is 19.4 Å². The van der Waals surface area contributed by atoms with Crippen molar-refractivity contribution in [2.45, 2.75) is 45.2 Å². The highest BCUT2D eigenvalue weighted by Gasteiger charge is 2.24. The lowest BCUT2D eigenvalue weighted by atomic mass is 10.2. The summed E-state index contributed by atoms with van der Waals surface area (Å²) < 4.78 is 7.47. The van der Waals surface area contributed by atoms with Gasteiger partial charge in [0, 0.05) is 44.5 Å². The minimum absolute atomic E-state index is 0.227. The van der Waals surface area contributed by atoms with Crippen LogP contribution in [0.15, 0.2) is 12.4 Å². The monoisotopic (exact) mass is 320 g/mol. The molecule has 2 rings (SSSR count). The summed E-state index contributed by atoms with van der Waals surface area (Å²) in [5, 5.41) is 14.6. The van der Waals surface area contributed by atoms with Crippen LogP contribution >= 0.6 is 0 Å². The number of morpholine rings is 1. The minimum atomic E-state index is -0.377. The zero-order valence-electron chi connectivity index (χ0n) is 14.4. The fraction of sp³-hybridized carbons (Fsp3) is 0.706. The quantitative estimate of drug-likeness (QED) is 0.738. The highest BCUT2D eigenvalue weighted by atomic mass is 16.5. The van der Waals surface area contributed by atoms with Gasteiger partial charge < -0.3 is 9.84 Å². The number of aromatic nitrogens is 2. The molecule has 1 saturated heterocycles. The molecule has 2 heterocycles. The topological polar surface area (TPSA) is 53.8 Å². The van der Waals surface area contributed by atoms with Gasteiger partial charge in [0.15, 0.2) is 0 Å². The van der Waals surface area contributed by atoms with Gasteiger partial charge in [-0.05, 0) is 20.9 Å². The number of likely N-dealkylation sites (N-methyl/N-ethyl adjacent to an activating group) is 1. The molecule has 1 aromatic heterocycles. The van der Waals surface area contributed by atoms with E-state index in [2.05, 4.69) is 34.7 Å². The number of hydrogen-bond donors (Lipinski definition) is 1. The summed E-state index contributed by atoms with van der Waals surface area (Å²) in [5.74, 6) is 2.57. The summed E-state index contributed by atoms with van der Waals surface area (Å²) in [7, 11) is 2.01. The molecule has 0 aromatic carbocycles. The number of rotatable bonds is 7. The number of aliphatic hydroxyl groups excluding tert-OH is 1. The Bertz CT molecular complexity index is 515. The Hall–Kier alpha value is -1.39. The van der Waals surface area contributed by atoms with Gasteiger partial charge in [-0.3, -0.25) is 14.5 Å². The number of terminal acetylenes is 1. The van der Waals surface area contributed by atoms with E-state index in [-0.39, 0.29) is 18.3 Å². The first-order valence-electron chi connectivity index (χ1n) is 8.15. The van der Waals surface area contributed by atoms with Crippen molar-refractivity contribution in [1.82, 2.24) is 19.6 Å². The highest BCUT2D eigenvalue weighted by Crippen LogP contribution is 2.11. The lowest BCUT2D eigenvalue weighted by Crippen LogP contribution is -2.49. The van der Waals surface area contributed by atoms with Crippen LogP contribution < -0.4 is 0 Å². The average molecular weight is 320 g/mol. The molecule has 1 aliphatic rings. The molecule has 6 nitrogen and oxygen atoms in total. The van der Waals surface area contributed by atoms with Gasteiger partial charge in [0.1, 0.15) is 6.54 Å². The van der Waals surface area contributed by atoms with Crippen LogP contribution in [0.2, 0.25) is 0 Å². The third-order valence-corrected chi connectivity index (χ3v) is 3.88. The van der Waals surface area contributed by atoms with Crippen molar-refractivity contribution in [3.8, 4) is 12.3 Å². The van der Waals surface area contributed by atoms with E-state index in [9.17, 15) is 5.11 Å². The highest BCUT2D eigenvalue weighted by molar-refractivity contribution is 5.04. The van der Waals surface area contributed by atoms with Crippen molar-refractivity contribution in [3.63, 3.8) is 0 Å². The second-order valence-corrected chi connectivity index (χ2v) is 6.58. The molecule has 0 spiro atoms. The molecule has 3 atom stereocenters. The zero-order valence-corrected chi connectivity index (χ0v) is 14.4. The molecule has 1 fully saturated rings. The van der Waals surface area contributed by atoms with E-state index in [4.69, 9.17) is 11.2 Å². The van der Waals surface area contributed by atoms with Crippen molar-refractivity contribution < 1.29 is 9.84 Å². The molecule has 1 aromatic rings. The molecule has 0 bridgehead atoms. The van der Waals surface area contributed by atoms with Gasteiger partial charge >= 0.3 is 0 Å². The Labute approximate surface area is 139 Å². The molecule has 0 aliphatic carbocycles. The summed E-state index contributed by atoms with van der Waals surface area (Å²) in [4.78, 5) is 4.39. The molecule has 6 heteroatoms. The fourth-order valence-corrected chi connectivity index (χ4v) is 3.19. The van der Waals surface area contributed by atoms with E-state index < -0.39 is 0 Å². The Morgan fingerprint density at radius 2 is 2.17 bits per heavy atom. The van der Waals surface area contributed by atoms with E-state index in [0.717, 1.165) is 25.2 Å². The summed E-state index contributed by atoms with van der Waals surface area (Å²) >= 11 is 0. The largest absolute Gasteiger partial charge is 0.390 e. The summed E-state index contributed by atoms with van der Waals surface area (Å²) in [6.45, 7) is 8.45. The zero-order chi connectivity index (χ0) is 16.8. The van der Waals surface area contributed by atoms with Crippen molar-refractivity contribution in [2.24, 2.45) is 0 Å². The van der Waals surface area contributed by atoms with Gasteiger partial charge in [-0.2, -0.15) is 5.10 Å². The lowest BCUT2D eigenvalue weighted by molar-refractivity contribution is -0.0777. The third kappa shape index (κ3) is 5.96. The maximum atomic E-state index is 10.3. The van der Waals surface area contributed by atoms with Crippen molar-refractivity contribution >= 4 is 0 Å². The van der Waals surface area contributed by atoms with Crippen molar-refractivity contribution in [2.75, 3.05) is 33.2 Å². The van der Waals surface area contributed by atoms with Gasteiger partial charge in [0.2, 0.25) is 0 Å². The molecule has 128 valence electrons. The number of nitrogens with zero attached hydrogens (tertiary/aromatic N) is 4. The van der Waals surface area contributed by atoms with Gasteiger partial charge in [0.25, 0.3) is 0 Å². The molecule has 0 saturated carbocycles. The summed E-state index contributed by atoms with van der Waals surface area (Å²) in [6.07, 6.45) is 9.13. The molecule has 3 unspecified atom stereocenters. The summed E-state index contributed by atoms with van der Waals surface area (Å²) in [5.41, 5.74) is 1.10. The fourth-order valence-electron chi connectivity index (χ4n) is 3.19. The van der Waals surface area contributed by atoms with Crippen molar-refractivity contribution in [3.05, 3.63) is 18.0 Å². The van der Waals surface area contributed by atoms with Crippen molar-refractivity contribution in [1.29, 1.82) is 0 Å². The Morgan fingerprint density at radius 3 is 2.83 bits per heavy atom. The van der Waals surface area contributed by atoms with Crippen LogP contribution in [0.25, 0.3) is 0 Å². The van der Waals surface area contributed by atoms with E-state index >= 15 is 0 Å². The van der Waals surface area contributed by atoms with Gasteiger partial charge in [-0.25, -0.2) is 0 Å². The standard InChI is InChI=1S/C17H28N4O2/c1-5-6-21-11-16(7-18-21)10-19(4)12-17(22)13-20-8-14(2)23-15(3)9-20/h1,7,11,14-15,17,22H,6,8-10,12-13H2,2-4H3. The SMILES string of the molecule is C#CCn1cc(CN(C)CC(O)CN2CC(C)OC(C)C2)cn1. The van der Waals surface area contributed by atoms with Crippen LogP contribution in [0.4, 0.5) is 0 Å². The number of hydrogen-bond acceptors (Lipinski definition) is 5. The first kappa shape index (κ1) is 18.0. The predicted octanol–water partition coefficient (Wildman–Crippen LogP) is 0.418. The molecule has 1 aliphatic heterocycles. The molecule has 0 radical (unpaired) electrons.